The molecule has 0 amide bonds. The fourth-order valence-electron chi connectivity index (χ4n) is 2.06. The van der Waals surface area contributed by atoms with Crippen molar-refractivity contribution < 1.29 is 13.2 Å². The van der Waals surface area contributed by atoms with Crippen molar-refractivity contribution in [2.24, 2.45) is 0 Å². The molecule has 1 aromatic carbocycles. The van der Waals surface area contributed by atoms with Gasteiger partial charge in [0.15, 0.2) is 0 Å². The molecule has 0 bridgehead atoms. The summed E-state index contributed by atoms with van der Waals surface area (Å²) in [5, 5.41) is 0. The topological polar surface area (TPSA) is 55.4 Å². The van der Waals surface area contributed by atoms with Gasteiger partial charge in [0.25, 0.3) is 0 Å². The Kier molecular flexibility index (Phi) is 5.61. The summed E-state index contributed by atoms with van der Waals surface area (Å²) < 4.78 is 32.8. The number of sulfonamides is 1. The number of ether oxygens (including phenoxy) is 1. The molecule has 0 radical (unpaired) electrons. The van der Waals surface area contributed by atoms with Crippen LogP contribution >= 0.6 is 11.3 Å². The molecule has 22 heavy (non-hydrogen) atoms. The van der Waals surface area contributed by atoms with Crippen LogP contribution in [0.25, 0.3) is 0 Å². The van der Waals surface area contributed by atoms with Gasteiger partial charge in [-0.25, -0.2) is 13.1 Å². The molecule has 6 heteroatoms. The Hall–Kier alpha value is -1.37. The van der Waals surface area contributed by atoms with Crippen LogP contribution in [-0.4, -0.2) is 21.6 Å². The van der Waals surface area contributed by atoms with Crippen LogP contribution < -0.4 is 9.46 Å². The SMILES string of the molecule is CCc1ccc(S(=O)(=O)NCCOc2ccc(C)cc2C)s1. The van der Waals surface area contributed by atoms with Gasteiger partial charge >= 0.3 is 0 Å². The summed E-state index contributed by atoms with van der Waals surface area (Å²) in [7, 11) is -3.43. The maximum Gasteiger partial charge on any atom is 0.250 e. The number of thiophene rings is 1. The highest BCUT2D eigenvalue weighted by molar-refractivity contribution is 7.91. The fraction of sp³-hybridized carbons (Fsp3) is 0.375. The second kappa shape index (κ2) is 7.26. The lowest BCUT2D eigenvalue weighted by atomic mass is 10.1. The Morgan fingerprint density at radius 3 is 2.59 bits per heavy atom. The highest BCUT2D eigenvalue weighted by Crippen LogP contribution is 2.22. The Bertz CT molecular complexity index is 736. The first-order valence-corrected chi connectivity index (χ1v) is 9.51. The molecule has 0 spiro atoms. The molecule has 0 saturated heterocycles. The van der Waals surface area contributed by atoms with E-state index in [9.17, 15) is 8.42 Å². The van der Waals surface area contributed by atoms with Crippen molar-refractivity contribution in [3.8, 4) is 5.75 Å². The van der Waals surface area contributed by atoms with E-state index in [2.05, 4.69) is 4.72 Å². The first-order valence-electron chi connectivity index (χ1n) is 7.21. The van der Waals surface area contributed by atoms with Gasteiger partial charge in [-0.1, -0.05) is 24.6 Å². The smallest absolute Gasteiger partial charge is 0.250 e. The summed E-state index contributed by atoms with van der Waals surface area (Å²) in [6.45, 7) is 6.55. The number of benzene rings is 1. The largest absolute Gasteiger partial charge is 0.492 e. The van der Waals surface area contributed by atoms with Crippen LogP contribution in [0.2, 0.25) is 0 Å². The van der Waals surface area contributed by atoms with Gasteiger partial charge < -0.3 is 4.74 Å². The van der Waals surface area contributed by atoms with E-state index in [1.165, 1.54) is 16.9 Å². The summed E-state index contributed by atoms with van der Waals surface area (Å²) >= 11 is 1.31. The minimum Gasteiger partial charge on any atom is -0.492 e. The maximum absolute atomic E-state index is 12.1. The zero-order valence-corrected chi connectivity index (χ0v) is 14.7. The molecule has 0 aliphatic heterocycles. The summed E-state index contributed by atoms with van der Waals surface area (Å²) in [5.74, 6) is 0.786. The summed E-state index contributed by atoms with van der Waals surface area (Å²) in [6.07, 6.45) is 0.843. The number of nitrogens with one attached hydrogen (secondary N) is 1. The monoisotopic (exact) mass is 339 g/mol. The van der Waals surface area contributed by atoms with Gasteiger partial charge in [-0.3, -0.25) is 0 Å². The predicted octanol–water partition coefficient (Wildman–Crippen LogP) is 3.28. The van der Waals surface area contributed by atoms with Crippen LogP contribution in [-0.2, 0) is 16.4 Å². The minimum absolute atomic E-state index is 0.245. The first kappa shape index (κ1) is 17.0. The molecular formula is C16H21NO3S2. The third kappa shape index (κ3) is 4.32. The molecule has 4 nitrogen and oxygen atoms in total. The lowest BCUT2D eigenvalue weighted by Crippen LogP contribution is -2.27. The Morgan fingerprint density at radius 1 is 1.18 bits per heavy atom. The number of rotatable bonds is 7. The molecule has 0 saturated carbocycles. The van der Waals surface area contributed by atoms with E-state index >= 15 is 0 Å². The normalized spacial score (nSPS) is 11.6. The molecule has 2 aromatic rings. The molecular weight excluding hydrogens is 318 g/mol. The average Bonchev–Trinajstić information content (AvgIpc) is 2.95. The van der Waals surface area contributed by atoms with Crippen molar-refractivity contribution in [3.63, 3.8) is 0 Å². The quantitative estimate of drug-likeness (QED) is 0.788. The van der Waals surface area contributed by atoms with E-state index in [0.717, 1.165) is 22.6 Å². The van der Waals surface area contributed by atoms with Crippen LogP contribution in [0.4, 0.5) is 0 Å². The molecule has 1 aromatic heterocycles. The van der Waals surface area contributed by atoms with Crippen molar-refractivity contribution in [1.29, 1.82) is 0 Å². The lowest BCUT2D eigenvalue weighted by Gasteiger charge is -2.10. The van der Waals surface area contributed by atoms with E-state index in [4.69, 9.17) is 4.74 Å². The molecule has 0 atom stereocenters. The lowest BCUT2D eigenvalue weighted by molar-refractivity contribution is 0.320. The van der Waals surface area contributed by atoms with Crippen LogP contribution in [0.1, 0.15) is 22.9 Å². The molecule has 1 heterocycles. The standard InChI is InChI=1S/C16H21NO3S2/c1-4-14-6-8-16(21-14)22(18,19)17-9-10-20-15-7-5-12(2)11-13(15)3/h5-8,11,17H,4,9-10H2,1-3H3. The van der Waals surface area contributed by atoms with Crippen molar-refractivity contribution >= 4 is 21.4 Å². The fourth-order valence-corrected chi connectivity index (χ4v) is 4.42. The Morgan fingerprint density at radius 2 is 1.95 bits per heavy atom. The second-order valence-electron chi connectivity index (χ2n) is 5.09. The van der Waals surface area contributed by atoms with Crippen LogP contribution in [0, 0.1) is 13.8 Å². The maximum atomic E-state index is 12.1. The molecule has 0 unspecified atom stereocenters. The number of aryl methyl sites for hydroxylation is 3. The molecule has 0 aliphatic carbocycles. The highest BCUT2D eigenvalue weighted by Gasteiger charge is 2.15. The van der Waals surface area contributed by atoms with E-state index in [1.807, 2.05) is 45.0 Å². The third-order valence-electron chi connectivity index (χ3n) is 3.23. The van der Waals surface area contributed by atoms with Gasteiger partial charge in [0.2, 0.25) is 10.0 Å². The van der Waals surface area contributed by atoms with Gasteiger partial charge in [-0.2, -0.15) is 0 Å². The van der Waals surface area contributed by atoms with Crippen LogP contribution in [0.15, 0.2) is 34.5 Å². The van der Waals surface area contributed by atoms with Gasteiger partial charge in [0.05, 0.1) is 0 Å². The summed E-state index contributed by atoms with van der Waals surface area (Å²) in [4.78, 5) is 1.06. The highest BCUT2D eigenvalue weighted by atomic mass is 32.2. The van der Waals surface area contributed by atoms with Crippen molar-refractivity contribution in [2.75, 3.05) is 13.2 Å². The Balaban J connectivity index is 1.87. The minimum atomic E-state index is -3.43. The number of hydrogen-bond donors (Lipinski definition) is 1. The van der Waals surface area contributed by atoms with Gasteiger partial charge in [-0.05, 0) is 44.0 Å². The molecule has 2 rings (SSSR count). The van der Waals surface area contributed by atoms with Crippen LogP contribution in [0.3, 0.4) is 0 Å². The van der Waals surface area contributed by atoms with Crippen molar-refractivity contribution in [2.45, 2.75) is 31.4 Å². The van der Waals surface area contributed by atoms with Gasteiger partial charge in [0, 0.05) is 11.4 Å². The molecule has 0 aliphatic rings. The summed E-state index contributed by atoms with van der Waals surface area (Å²) in [6, 6.07) is 9.43. The third-order valence-corrected chi connectivity index (χ3v) is 6.41. The zero-order valence-electron chi connectivity index (χ0n) is 13.0. The Labute approximate surface area is 136 Å². The van der Waals surface area contributed by atoms with E-state index in [0.29, 0.717) is 10.8 Å². The van der Waals surface area contributed by atoms with E-state index in [1.54, 1.807) is 6.07 Å². The van der Waals surface area contributed by atoms with E-state index < -0.39 is 10.0 Å². The second-order valence-corrected chi connectivity index (χ2v) is 8.25. The molecule has 1 N–H and O–H groups in total. The van der Waals surface area contributed by atoms with Gasteiger partial charge in [-0.15, -0.1) is 11.3 Å². The first-order chi connectivity index (χ1) is 10.4. The molecule has 0 fully saturated rings. The number of hydrogen-bond acceptors (Lipinski definition) is 4. The zero-order chi connectivity index (χ0) is 16.2. The van der Waals surface area contributed by atoms with Crippen molar-refractivity contribution in [1.82, 2.24) is 4.72 Å². The van der Waals surface area contributed by atoms with Crippen LogP contribution in [0.5, 0.6) is 5.75 Å². The predicted molar refractivity (Wildman–Crippen MR) is 90.3 cm³/mol. The van der Waals surface area contributed by atoms with E-state index in [-0.39, 0.29) is 6.54 Å². The van der Waals surface area contributed by atoms with Crippen molar-refractivity contribution in [3.05, 3.63) is 46.3 Å². The van der Waals surface area contributed by atoms with Gasteiger partial charge in [0.1, 0.15) is 16.6 Å². The average molecular weight is 339 g/mol. The summed E-state index contributed by atoms with van der Waals surface area (Å²) in [5.41, 5.74) is 2.23. The molecule has 120 valence electrons.